The van der Waals surface area contributed by atoms with Gasteiger partial charge in [-0.05, 0) is 32.0 Å². The summed E-state index contributed by atoms with van der Waals surface area (Å²) in [4.78, 5) is 13.7. The summed E-state index contributed by atoms with van der Waals surface area (Å²) in [6, 6.07) is 3.45. The molecule has 0 aromatic heterocycles. The van der Waals surface area contributed by atoms with E-state index in [1.807, 2.05) is 13.8 Å². The molecule has 0 aliphatic rings. The molecular weight excluding hydrogens is 299 g/mol. The molecule has 1 aromatic carbocycles. The highest BCUT2D eigenvalue weighted by Crippen LogP contribution is 2.20. The highest BCUT2D eigenvalue weighted by molar-refractivity contribution is 6.30. The van der Waals surface area contributed by atoms with Crippen LogP contribution in [0.2, 0.25) is 5.02 Å². The maximum absolute atomic E-state index is 13.6. The number of amides is 2. The molecule has 0 heterocycles. The average molecular weight is 319 g/mol. The molecular formula is C14H20ClFN2O3. The molecule has 5 nitrogen and oxygen atoms in total. The number of ether oxygens (including phenoxy) is 1. The highest BCUT2D eigenvalue weighted by Gasteiger charge is 2.18. The molecule has 0 radical (unpaired) electrons. The van der Waals surface area contributed by atoms with Gasteiger partial charge in [0.15, 0.2) is 0 Å². The van der Waals surface area contributed by atoms with Gasteiger partial charge in [0.2, 0.25) is 0 Å². The number of nitrogens with one attached hydrogen (secondary N) is 1. The molecule has 118 valence electrons. The quantitative estimate of drug-likeness (QED) is 0.760. The van der Waals surface area contributed by atoms with Crippen molar-refractivity contribution in [1.29, 1.82) is 0 Å². The number of nitrogens with zero attached hydrogens (tertiary/aromatic N) is 1. The Bertz CT molecular complexity index is 472. The van der Waals surface area contributed by atoms with E-state index in [0.29, 0.717) is 18.2 Å². The fraction of sp³-hybridized carbons (Fsp3) is 0.500. The Balaban J connectivity index is 2.66. The molecule has 1 rings (SSSR count). The molecule has 2 N–H and O–H groups in total. The van der Waals surface area contributed by atoms with Gasteiger partial charge in [-0.15, -0.1) is 0 Å². The first kappa shape index (κ1) is 17.7. The summed E-state index contributed by atoms with van der Waals surface area (Å²) in [6.07, 6.45) is 0. The predicted molar refractivity (Wildman–Crippen MR) is 80.2 cm³/mol. The van der Waals surface area contributed by atoms with Crippen molar-refractivity contribution in [2.24, 2.45) is 0 Å². The van der Waals surface area contributed by atoms with Crippen molar-refractivity contribution in [3.63, 3.8) is 0 Å². The van der Waals surface area contributed by atoms with Crippen LogP contribution in [0, 0.1) is 5.82 Å². The number of benzene rings is 1. The summed E-state index contributed by atoms with van der Waals surface area (Å²) in [5.74, 6) is -0.548. The van der Waals surface area contributed by atoms with Gasteiger partial charge in [-0.1, -0.05) is 11.6 Å². The first-order valence-electron chi connectivity index (χ1n) is 6.67. The standard InChI is InChI=1S/C14H20ClFN2O3/c1-10(2)18(5-7-21-8-6-19)14(20)17-13-9-11(15)3-4-12(13)16/h3-4,9-10,19H,5-8H2,1-2H3,(H,17,20). The van der Waals surface area contributed by atoms with Gasteiger partial charge in [-0.3, -0.25) is 0 Å². The van der Waals surface area contributed by atoms with E-state index < -0.39 is 11.8 Å². The number of carbonyl (C=O) groups excluding carboxylic acids is 1. The van der Waals surface area contributed by atoms with Crippen molar-refractivity contribution >= 4 is 23.3 Å². The molecule has 0 atom stereocenters. The number of urea groups is 1. The van der Waals surface area contributed by atoms with Gasteiger partial charge in [0.1, 0.15) is 5.82 Å². The monoisotopic (exact) mass is 318 g/mol. The van der Waals surface area contributed by atoms with Crippen LogP contribution in [0.4, 0.5) is 14.9 Å². The van der Waals surface area contributed by atoms with Crippen LogP contribution >= 0.6 is 11.6 Å². The fourth-order valence-electron chi connectivity index (χ4n) is 1.70. The summed E-state index contributed by atoms with van der Waals surface area (Å²) < 4.78 is 18.7. The molecule has 0 aliphatic carbocycles. The molecule has 21 heavy (non-hydrogen) atoms. The summed E-state index contributed by atoms with van der Waals surface area (Å²) in [5, 5.41) is 11.5. The Morgan fingerprint density at radius 3 is 2.81 bits per heavy atom. The average Bonchev–Trinajstić information content (AvgIpc) is 2.42. The number of hydrogen-bond donors (Lipinski definition) is 2. The lowest BCUT2D eigenvalue weighted by Gasteiger charge is -2.27. The van der Waals surface area contributed by atoms with Crippen molar-refractivity contribution in [2.75, 3.05) is 31.7 Å². The van der Waals surface area contributed by atoms with E-state index in [0.717, 1.165) is 0 Å². The van der Waals surface area contributed by atoms with Gasteiger partial charge in [0.25, 0.3) is 0 Å². The molecule has 7 heteroatoms. The summed E-state index contributed by atoms with van der Waals surface area (Å²) >= 11 is 5.79. The molecule has 1 aromatic rings. The van der Waals surface area contributed by atoms with E-state index in [1.54, 1.807) is 0 Å². The lowest BCUT2D eigenvalue weighted by Crippen LogP contribution is -2.42. The zero-order chi connectivity index (χ0) is 15.8. The molecule has 0 fully saturated rings. The Hall–Kier alpha value is -1.37. The van der Waals surface area contributed by atoms with Gasteiger partial charge < -0.3 is 20.1 Å². The van der Waals surface area contributed by atoms with E-state index >= 15 is 0 Å². The van der Waals surface area contributed by atoms with Crippen molar-refractivity contribution in [2.45, 2.75) is 19.9 Å². The number of aliphatic hydroxyl groups excluding tert-OH is 1. The van der Waals surface area contributed by atoms with Gasteiger partial charge in [-0.25, -0.2) is 9.18 Å². The predicted octanol–water partition coefficient (Wildman–Crippen LogP) is 2.73. The summed E-state index contributed by atoms with van der Waals surface area (Å²) in [6.45, 7) is 4.48. The van der Waals surface area contributed by atoms with Crippen LogP contribution in [0.25, 0.3) is 0 Å². The largest absolute Gasteiger partial charge is 0.394 e. The summed E-state index contributed by atoms with van der Waals surface area (Å²) in [7, 11) is 0. The van der Waals surface area contributed by atoms with Gasteiger partial charge in [0, 0.05) is 17.6 Å². The van der Waals surface area contributed by atoms with Crippen LogP contribution in [0.15, 0.2) is 18.2 Å². The Labute approximate surface area is 128 Å². The number of hydrogen-bond acceptors (Lipinski definition) is 3. The minimum atomic E-state index is -0.548. The lowest BCUT2D eigenvalue weighted by atomic mass is 10.3. The molecule has 0 spiro atoms. The Morgan fingerprint density at radius 1 is 1.48 bits per heavy atom. The zero-order valence-electron chi connectivity index (χ0n) is 12.1. The molecule has 2 amide bonds. The fourth-order valence-corrected chi connectivity index (χ4v) is 1.88. The van der Waals surface area contributed by atoms with Crippen LogP contribution in [-0.4, -0.2) is 48.4 Å². The third kappa shape index (κ3) is 5.87. The van der Waals surface area contributed by atoms with Crippen LogP contribution in [0.5, 0.6) is 0 Å². The van der Waals surface area contributed by atoms with E-state index in [9.17, 15) is 9.18 Å². The van der Waals surface area contributed by atoms with Crippen LogP contribution in [0.1, 0.15) is 13.8 Å². The minimum Gasteiger partial charge on any atom is -0.394 e. The normalized spacial score (nSPS) is 10.8. The smallest absolute Gasteiger partial charge is 0.322 e. The van der Waals surface area contributed by atoms with Crippen molar-refractivity contribution in [1.82, 2.24) is 4.90 Å². The van der Waals surface area contributed by atoms with E-state index in [4.69, 9.17) is 21.4 Å². The van der Waals surface area contributed by atoms with Gasteiger partial charge >= 0.3 is 6.03 Å². The molecule has 0 aliphatic heterocycles. The number of anilines is 1. The third-order valence-corrected chi connectivity index (χ3v) is 3.00. The maximum Gasteiger partial charge on any atom is 0.322 e. The van der Waals surface area contributed by atoms with E-state index in [1.165, 1.54) is 23.1 Å². The maximum atomic E-state index is 13.6. The molecule has 0 saturated heterocycles. The zero-order valence-corrected chi connectivity index (χ0v) is 12.9. The second-order valence-electron chi connectivity index (χ2n) is 4.68. The number of carbonyl (C=O) groups is 1. The van der Waals surface area contributed by atoms with Gasteiger partial charge in [-0.2, -0.15) is 0 Å². The number of halogens is 2. The third-order valence-electron chi connectivity index (χ3n) is 2.77. The van der Waals surface area contributed by atoms with Crippen LogP contribution in [-0.2, 0) is 4.74 Å². The Kier molecular flexibility index (Phi) is 7.42. The van der Waals surface area contributed by atoms with Crippen molar-refractivity contribution < 1.29 is 19.0 Å². The second kappa shape index (κ2) is 8.81. The SMILES string of the molecule is CC(C)N(CCOCCO)C(=O)Nc1cc(Cl)ccc1F. The minimum absolute atomic E-state index is 0.0365. The second-order valence-corrected chi connectivity index (χ2v) is 5.11. The number of rotatable bonds is 7. The van der Waals surface area contributed by atoms with Crippen molar-refractivity contribution in [3.8, 4) is 0 Å². The molecule has 0 saturated carbocycles. The lowest BCUT2D eigenvalue weighted by molar-refractivity contribution is 0.0757. The van der Waals surface area contributed by atoms with E-state index in [2.05, 4.69) is 5.32 Å². The highest BCUT2D eigenvalue weighted by atomic mass is 35.5. The first-order valence-corrected chi connectivity index (χ1v) is 7.04. The number of aliphatic hydroxyl groups is 1. The summed E-state index contributed by atoms with van der Waals surface area (Å²) in [5.41, 5.74) is 0.0365. The Morgan fingerprint density at radius 2 is 2.19 bits per heavy atom. The topological polar surface area (TPSA) is 61.8 Å². The molecule has 0 unspecified atom stereocenters. The van der Waals surface area contributed by atoms with Gasteiger partial charge in [0.05, 0.1) is 25.5 Å². The molecule has 0 bridgehead atoms. The first-order chi connectivity index (χ1) is 9.95. The van der Waals surface area contributed by atoms with Crippen LogP contribution in [0.3, 0.4) is 0 Å². The van der Waals surface area contributed by atoms with Crippen molar-refractivity contribution in [3.05, 3.63) is 29.0 Å². The van der Waals surface area contributed by atoms with E-state index in [-0.39, 0.29) is 24.9 Å². The van der Waals surface area contributed by atoms with Crippen LogP contribution < -0.4 is 5.32 Å².